The molecule has 0 amide bonds. The molecule has 0 bridgehead atoms. The molecule has 0 spiro atoms. The van der Waals surface area contributed by atoms with E-state index in [9.17, 15) is 9.90 Å². The van der Waals surface area contributed by atoms with Gasteiger partial charge in [-0.1, -0.05) is 89.6 Å². The van der Waals surface area contributed by atoms with Crippen molar-refractivity contribution in [3.63, 3.8) is 0 Å². The van der Waals surface area contributed by atoms with Crippen molar-refractivity contribution in [1.29, 1.82) is 0 Å². The third-order valence-corrected chi connectivity index (χ3v) is 7.12. The molecule has 0 atom stereocenters. The lowest BCUT2D eigenvalue weighted by Gasteiger charge is -2.19. The van der Waals surface area contributed by atoms with Gasteiger partial charge in [-0.15, -0.1) is 0 Å². The van der Waals surface area contributed by atoms with E-state index in [0.29, 0.717) is 30.6 Å². The summed E-state index contributed by atoms with van der Waals surface area (Å²) in [6.07, 6.45) is 2.00. The molecule has 43 heavy (non-hydrogen) atoms. The number of hydrogen-bond donors (Lipinski definition) is 0. The molecule has 0 fully saturated rings. The quantitative estimate of drug-likeness (QED) is 0.185. The fourth-order valence-electron chi connectivity index (χ4n) is 5.02. The van der Waals surface area contributed by atoms with Gasteiger partial charge in [-0.25, -0.2) is 9.97 Å². The van der Waals surface area contributed by atoms with E-state index in [-0.39, 0.29) is 16.8 Å². The van der Waals surface area contributed by atoms with Crippen LogP contribution in [-0.4, -0.2) is 26.3 Å². The maximum atomic E-state index is 14.1. The first-order valence-corrected chi connectivity index (χ1v) is 14.7. The summed E-state index contributed by atoms with van der Waals surface area (Å²) < 4.78 is 12.4. The minimum Gasteiger partial charge on any atom is -0.528 e. The predicted octanol–water partition coefficient (Wildman–Crippen LogP) is 6.55. The summed E-state index contributed by atoms with van der Waals surface area (Å²) in [6, 6.07) is 23.3. The molecule has 5 rings (SSSR count). The second-order valence-electron chi connectivity index (χ2n) is 11.8. The van der Waals surface area contributed by atoms with E-state index in [1.54, 1.807) is 4.57 Å². The Balaban J connectivity index is 1.47. The van der Waals surface area contributed by atoms with Gasteiger partial charge in [0.25, 0.3) is 5.56 Å². The minimum absolute atomic E-state index is 0.0430. The third-order valence-electron chi connectivity index (χ3n) is 7.12. The highest BCUT2D eigenvalue weighted by Crippen LogP contribution is 2.31. The Morgan fingerprint density at radius 2 is 1.60 bits per heavy atom. The van der Waals surface area contributed by atoms with Crippen LogP contribution in [0.1, 0.15) is 63.7 Å². The lowest BCUT2D eigenvalue weighted by atomic mass is 9.96. The zero-order valence-corrected chi connectivity index (χ0v) is 25.4. The summed E-state index contributed by atoms with van der Waals surface area (Å²) in [4.78, 5) is 23.0. The van der Waals surface area contributed by atoms with Gasteiger partial charge >= 0.3 is 0 Å². The van der Waals surface area contributed by atoms with Gasteiger partial charge in [0.1, 0.15) is 11.6 Å². The van der Waals surface area contributed by atoms with E-state index < -0.39 is 6.08 Å². The fourth-order valence-corrected chi connectivity index (χ4v) is 5.02. The molecular formula is C35H37N4O4-. The summed E-state index contributed by atoms with van der Waals surface area (Å²) >= 11 is 0. The number of nitrogens with zero attached hydrogens (tertiary/aromatic N) is 4. The Labute approximate surface area is 252 Å². The molecule has 2 aromatic heterocycles. The summed E-state index contributed by atoms with van der Waals surface area (Å²) in [7, 11) is 0. The van der Waals surface area contributed by atoms with Gasteiger partial charge < -0.3 is 14.4 Å². The summed E-state index contributed by atoms with van der Waals surface area (Å²) in [5.41, 5.74) is 5.87. The van der Waals surface area contributed by atoms with Gasteiger partial charge in [0.2, 0.25) is 0 Å². The maximum absolute atomic E-state index is 14.1. The Morgan fingerprint density at radius 3 is 2.21 bits per heavy atom. The van der Waals surface area contributed by atoms with Crippen LogP contribution in [-0.2, 0) is 19.3 Å². The zero-order chi connectivity index (χ0) is 30.6. The van der Waals surface area contributed by atoms with Crippen molar-refractivity contribution in [2.45, 2.75) is 60.3 Å². The van der Waals surface area contributed by atoms with Crippen molar-refractivity contribution in [3.05, 3.63) is 106 Å². The number of benzene rings is 3. The number of aryl methyl sites for hydroxylation is 2. The van der Waals surface area contributed by atoms with Crippen molar-refractivity contribution < 1.29 is 14.4 Å². The molecule has 0 N–H and O–H groups in total. The second kappa shape index (κ2) is 12.7. The monoisotopic (exact) mass is 577 g/mol. The number of aromatic nitrogens is 4. The highest BCUT2D eigenvalue weighted by Gasteiger charge is 2.18. The topological polar surface area (TPSA) is 106 Å². The standard InChI is InChI=1S/C35H38N4O4/c1-6-10-30-29(33(40)39(31(7-2)36-30)25-17-19-26(20-18-25)42-22-35(3,4)5)21-23-13-15-24(16-14-23)27-11-8-9-12-28(27)32-37-34(41)43-38-32/h8-9,11-20H,6-7,10,21-22H2,1-5H3,(H,37,38,41)/p-1. The summed E-state index contributed by atoms with van der Waals surface area (Å²) in [5.74, 6) is 1.77. The third kappa shape index (κ3) is 6.85. The molecule has 0 aliphatic carbocycles. The molecule has 8 nitrogen and oxygen atoms in total. The molecule has 0 radical (unpaired) electrons. The molecule has 0 unspecified atom stereocenters. The second-order valence-corrected chi connectivity index (χ2v) is 11.8. The van der Waals surface area contributed by atoms with Gasteiger partial charge in [-0.2, -0.15) is 5.16 Å². The molecular weight excluding hydrogens is 540 g/mol. The fraction of sp³-hybridized carbons (Fsp3) is 0.314. The van der Waals surface area contributed by atoms with Crippen LogP contribution < -0.4 is 15.4 Å². The molecule has 0 aliphatic rings. The largest absolute Gasteiger partial charge is 0.528 e. The van der Waals surface area contributed by atoms with Crippen LogP contribution in [0.15, 0.2) is 82.1 Å². The lowest BCUT2D eigenvalue weighted by Crippen LogP contribution is -2.29. The molecule has 5 aromatic rings. The predicted molar refractivity (Wildman–Crippen MR) is 166 cm³/mol. The molecule has 0 aliphatic heterocycles. The van der Waals surface area contributed by atoms with Gasteiger partial charge in [0.15, 0.2) is 11.9 Å². The van der Waals surface area contributed by atoms with Crippen molar-refractivity contribution in [2.75, 3.05) is 6.61 Å². The average molecular weight is 578 g/mol. The van der Waals surface area contributed by atoms with Gasteiger partial charge in [0.05, 0.1) is 18.0 Å². The van der Waals surface area contributed by atoms with Crippen molar-refractivity contribution in [3.8, 4) is 40.0 Å². The molecule has 3 aromatic carbocycles. The van der Waals surface area contributed by atoms with Gasteiger partial charge in [-0.3, -0.25) is 9.36 Å². The number of ether oxygens (including phenoxy) is 1. The Kier molecular flexibility index (Phi) is 8.76. The van der Waals surface area contributed by atoms with E-state index in [4.69, 9.17) is 9.72 Å². The van der Waals surface area contributed by atoms with Crippen LogP contribution >= 0.6 is 0 Å². The van der Waals surface area contributed by atoms with Crippen molar-refractivity contribution in [2.24, 2.45) is 5.41 Å². The SMILES string of the molecule is CCCc1nc(CC)n(-c2ccc(OCC(C)(C)C)cc2)c(=O)c1Cc1ccc(-c2ccccc2-c2noc([O-])n2)cc1. The molecule has 222 valence electrons. The van der Waals surface area contributed by atoms with E-state index in [2.05, 4.69) is 42.4 Å². The molecule has 2 heterocycles. The van der Waals surface area contributed by atoms with E-state index in [1.807, 2.05) is 79.7 Å². The summed E-state index contributed by atoms with van der Waals surface area (Å²) in [6.45, 7) is 11.1. The summed E-state index contributed by atoms with van der Waals surface area (Å²) in [5, 5.41) is 15.3. The first-order chi connectivity index (χ1) is 20.7. The minimum atomic E-state index is -0.721. The first-order valence-electron chi connectivity index (χ1n) is 14.7. The first kappa shape index (κ1) is 29.8. The molecule has 0 saturated heterocycles. The number of rotatable bonds is 10. The van der Waals surface area contributed by atoms with Crippen LogP contribution in [0.3, 0.4) is 0 Å². The highest BCUT2D eigenvalue weighted by molar-refractivity contribution is 5.80. The van der Waals surface area contributed by atoms with Gasteiger partial charge in [0, 0.05) is 24.0 Å². The van der Waals surface area contributed by atoms with E-state index in [1.165, 1.54) is 0 Å². The smallest absolute Gasteiger partial charge is 0.261 e. The average Bonchev–Trinajstić information content (AvgIpc) is 3.44. The zero-order valence-electron chi connectivity index (χ0n) is 25.4. The molecule has 8 heteroatoms. The highest BCUT2D eigenvalue weighted by atomic mass is 16.6. The maximum Gasteiger partial charge on any atom is 0.261 e. The van der Waals surface area contributed by atoms with Crippen LogP contribution in [0.5, 0.6) is 11.8 Å². The van der Waals surface area contributed by atoms with Crippen LogP contribution in [0.25, 0.3) is 28.2 Å². The van der Waals surface area contributed by atoms with Gasteiger partial charge in [-0.05, 0) is 52.8 Å². The Bertz CT molecular complexity index is 1750. The lowest BCUT2D eigenvalue weighted by molar-refractivity contribution is -0.303. The Hall–Kier alpha value is -4.72. The molecule has 0 saturated carbocycles. The van der Waals surface area contributed by atoms with Crippen molar-refractivity contribution in [1.82, 2.24) is 19.7 Å². The van der Waals surface area contributed by atoms with Crippen LogP contribution in [0, 0.1) is 5.41 Å². The van der Waals surface area contributed by atoms with Crippen molar-refractivity contribution >= 4 is 0 Å². The van der Waals surface area contributed by atoms with Crippen LogP contribution in [0.2, 0.25) is 0 Å². The normalized spacial score (nSPS) is 11.6. The Morgan fingerprint density at radius 1 is 0.907 bits per heavy atom. The van der Waals surface area contributed by atoms with E-state index in [0.717, 1.165) is 52.5 Å². The number of hydrogen-bond acceptors (Lipinski definition) is 7. The van der Waals surface area contributed by atoms with E-state index >= 15 is 0 Å². The van der Waals surface area contributed by atoms with Crippen LogP contribution in [0.4, 0.5) is 0 Å².